The second-order valence-electron chi connectivity index (χ2n) is 2.75. The molecule has 4 heteroatoms. The zero-order valence-electron chi connectivity index (χ0n) is 7.26. The van der Waals surface area contributed by atoms with Gasteiger partial charge in [-0.3, -0.25) is 0 Å². The van der Waals surface area contributed by atoms with E-state index < -0.39 is 11.6 Å². The molecule has 0 aromatic rings. The highest BCUT2D eigenvalue weighted by Crippen LogP contribution is 1.98. The zero-order chi connectivity index (χ0) is 9.61. The molecule has 0 rings (SSSR count). The molecule has 0 aliphatic heterocycles. The van der Waals surface area contributed by atoms with Crippen LogP contribution in [0, 0.1) is 12.3 Å². The van der Waals surface area contributed by atoms with Crippen LogP contribution in [0.3, 0.4) is 0 Å². The van der Waals surface area contributed by atoms with E-state index in [1.807, 2.05) is 0 Å². The summed E-state index contributed by atoms with van der Waals surface area (Å²) in [5, 5.41) is 10.8. The Morgan fingerprint density at radius 2 is 2.33 bits per heavy atom. The third-order valence-electron chi connectivity index (χ3n) is 1.10. The van der Waals surface area contributed by atoms with Crippen molar-refractivity contribution < 1.29 is 14.6 Å². The van der Waals surface area contributed by atoms with E-state index in [4.69, 9.17) is 11.5 Å². The summed E-state index contributed by atoms with van der Waals surface area (Å²) in [7, 11) is 0. The van der Waals surface area contributed by atoms with E-state index in [2.05, 4.69) is 16.0 Å². The number of alkyl carbamates (subject to hydrolysis) is 1. The van der Waals surface area contributed by atoms with Crippen LogP contribution >= 0.6 is 0 Å². The van der Waals surface area contributed by atoms with E-state index in [0.717, 1.165) is 0 Å². The second kappa shape index (κ2) is 4.62. The van der Waals surface area contributed by atoms with Gasteiger partial charge in [0.1, 0.15) is 6.61 Å². The van der Waals surface area contributed by atoms with Crippen LogP contribution in [0.5, 0.6) is 0 Å². The molecule has 0 saturated carbocycles. The molecule has 12 heavy (non-hydrogen) atoms. The van der Waals surface area contributed by atoms with Gasteiger partial charge >= 0.3 is 6.09 Å². The largest absolute Gasteiger partial charge is 0.447 e. The Bertz CT molecular complexity index is 193. The van der Waals surface area contributed by atoms with E-state index in [9.17, 15) is 4.79 Å². The van der Waals surface area contributed by atoms with Gasteiger partial charge in [0.25, 0.3) is 0 Å². The minimum atomic E-state index is -0.716. The molecule has 0 spiro atoms. The van der Waals surface area contributed by atoms with Crippen LogP contribution in [0.4, 0.5) is 4.79 Å². The summed E-state index contributed by atoms with van der Waals surface area (Å²) in [5.74, 6) is 2.37. The van der Waals surface area contributed by atoms with Crippen LogP contribution in [0.1, 0.15) is 13.8 Å². The smallest absolute Gasteiger partial charge is 0.408 e. The number of hydrogen-bond acceptors (Lipinski definition) is 3. The third kappa shape index (κ3) is 4.58. The normalized spacial score (nSPS) is 10.2. The van der Waals surface area contributed by atoms with Crippen LogP contribution in [0.2, 0.25) is 0 Å². The van der Waals surface area contributed by atoms with Crippen molar-refractivity contribution in [2.45, 2.75) is 19.4 Å². The summed E-state index contributed by atoms with van der Waals surface area (Å²) in [6.45, 7) is 3.14. The highest BCUT2D eigenvalue weighted by Gasteiger charge is 2.17. The van der Waals surface area contributed by atoms with Crippen LogP contribution in [0.15, 0.2) is 0 Å². The summed E-state index contributed by atoms with van der Waals surface area (Å²) in [5.41, 5.74) is -0.716. The van der Waals surface area contributed by atoms with E-state index in [-0.39, 0.29) is 13.2 Å². The van der Waals surface area contributed by atoms with Crippen LogP contribution in [-0.2, 0) is 4.74 Å². The van der Waals surface area contributed by atoms with E-state index >= 15 is 0 Å². The number of amides is 1. The molecular weight excluding hydrogens is 158 g/mol. The van der Waals surface area contributed by atoms with Gasteiger partial charge in [0, 0.05) is 0 Å². The number of ether oxygens (including phenoxy) is 1. The lowest BCUT2D eigenvalue weighted by atomic mass is 10.1. The Hall–Kier alpha value is -1.21. The maximum absolute atomic E-state index is 10.8. The molecule has 0 aliphatic carbocycles. The number of carbonyl (C=O) groups excluding carboxylic acids is 1. The Balaban J connectivity index is 3.78. The van der Waals surface area contributed by atoms with Gasteiger partial charge in [-0.25, -0.2) is 4.79 Å². The highest BCUT2D eigenvalue weighted by molar-refractivity contribution is 5.68. The average Bonchev–Trinajstić information content (AvgIpc) is 2.00. The average molecular weight is 171 g/mol. The summed E-state index contributed by atoms with van der Waals surface area (Å²) in [6.07, 6.45) is 4.50. The fraction of sp³-hybridized carbons (Fsp3) is 0.625. The Morgan fingerprint density at radius 1 is 1.75 bits per heavy atom. The Labute approximate surface area is 71.9 Å². The molecule has 0 fully saturated rings. The van der Waals surface area contributed by atoms with Gasteiger partial charge in [0.15, 0.2) is 0 Å². The van der Waals surface area contributed by atoms with E-state index in [1.54, 1.807) is 13.8 Å². The predicted octanol–water partition coefficient (Wildman–Crippen LogP) is 0.117. The first-order valence-corrected chi connectivity index (χ1v) is 3.55. The van der Waals surface area contributed by atoms with Crippen molar-refractivity contribution in [2.24, 2.45) is 0 Å². The Morgan fingerprint density at radius 3 is 2.75 bits per heavy atom. The van der Waals surface area contributed by atoms with Gasteiger partial charge < -0.3 is 15.2 Å². The minimum Gasteiger partial charge on any atom is -0.447 e. The van der Waals surface area contributed by atoms with E-state index in [0.29, 0.717) is 0 Å². The lowest BCUT2D eigenvalue weighted by molar-refractivity contribution is 0.115. The van der Waals surface area contributed by atoms with Crippen molar-refractivity contribution in [1.29, 1.82) is 0 Å². The molecule has 4 nitrogen and oxygen atoms in total. The maximum Gasteiger partial charge on any atom is 0.408 e. The quantitative estimate of drug-likeness (QED) is 0.593. The second-order valence-corrected chi connectivity index (χ2v) is 2.75. The fourth-order valence-electron chi connectivity index (χ4n) is 0.466. The minimum absolute atomic E-state index is 0.0213. The molecule has 0 bridgehead atoms. The predicted molar refractivity (Wildman–Crippen MR) is 44.5 cm³/mol. The number of nitrogens with one attached hydrogen (secondary N) is 1. The number of aliphatic hydroxyl groups excluding tert-OH is 1. The molecule has 0 aromatic carbocycles. The molecular formula is C8H13NO3. The number of hydrogen-bond donors (Lipinski definition) is 2. The monoisotopic (exact) mass is 171 g/mol. The topological polar surface area (TPSA) is 58.6 Å². The first kappa shape index (κ1) is 10.8. The molecule has 2 N–H and O–H groups in total. The molecule has 0 aliphatic rings. The van der Waals surface area contributed by atoms with Gasteiger partial charge in [0.05, 0.1) is 12.1 Å². The van der Waals surface area contributed by atoms with Gasteiger partial charge in [-0.05, 0) is 13.8 Å². The number of carbonyl (C=O) groups is 1. The van der Waals surface area contributed by atoms with Crippen LogP contribution < -0.4 is 5.32 Å². The van der Waals surface area contributed by atoms with Gasteiger partial charge in [-0.15, -0.1) is 6.42 Å². The molecule has 0 aromatic heterocycles. The van der Waals surface area contributed by atoms with Crippen molar-refractivity contribution >= 4 is 6.09 Å². The lowest BCUT2D eigenvalue weighted by Gasteiger charge is -2.18. The fourth-order valence-corrected chi connectivity index (χ4v) is 0.466. The molecule has 0 atom stereocenters. The molecule has 0 saturated heterocycles. The number of aliphatic hydroxyl groups is 1. The third-order valence-corrected chi connectivity index (χ3v) is 1.10. The van der Waals surface area contributed by atoms with Crippen molar-refractivity contribution in [1.82, 2.24) is 5.32 Å². The summed E-state index contributed by atoms with van der Waals surface area (Å²) < 4.78 is 4.53. The zero-order valence-corrected chi connectivity index (χ0v) is 7.26. The van der Waals surface area contributed by atoms with Crippen LogP contribution in [-0.4, -0.2) is 30.0 Å². The maximum atomic E-state index is 10.8. The molecule has 0 radical (unpaired) electrons. The lowest BCUT2D eigenvalue weighted by Crippen LogP contribution is -2.42. The molecule has 68 valence electrons. The first-order chi connectivity index (χ1) is 5.52. The van der Waals surface area contributed by atoms with Gasteiger partial charge in [-0.2, -0.15) is 0 Å². The van der Waals surface area contributed by atoms with Gasteiger partial charge in [-0.1, -0.05) is 5.92 Å². The number of rotatable bonds is 3. The molecule has 1 amide bonds. The van der Waals surface area contributed by atoms with E-state index in [1.165, 1.54) is 0 Å². The molecule has 0 unspecified atom stereocenters. The summed E-state index contributed by atoms with van der Waals surface area (Å²) >= 11 is 0. The van der Waals surface area contributed by atoms with Crippen LogP contribution in [0.25, 0.3) is 0 Å². The van der Waals surface area contributed by atoms with Crippen molar-refractivity contribution in [3.8, 4) is 12.3 Å². The SMILES string of the molecule is C#CC(C)(C)NC(=O)OCCO. The molecule has 0 heterocycles. The first-order valence-electron chi connectivity index (χ1n) is 3.55. The summed E-state index contributed by atoms with van der Waals surface area (Å²) in [4.78, 5) is 10.8. The Kier molecular flexibility index (Phi) is 4.16. The highest BCUT2D eigenvalue weighted by atomic mass is 16.6. The summed E-state index contributed by atoms with van der Waals surface area (Å²) in [6, 6.07) is 0. The number of terminal acetylenes is 1. The van der Waals surface area contributed by atoms with Crippen molar-refractivity contribution in [2.75, 3.05) is 13.2 Å². The van der Waals surface area contributed by atoms with Gasteiger partial charge in [0.2, 0.25) is 0 Å². The van der Waals surface area contributed by atoms with Crippen molar-refractivity contribution in [3.05, 3.63) is 0 Å². The van der Waals surface area contributed by atoms with Crippen molar-refractivity contribution in [3.63, 3.8) is 0 Å². The standard InChI is InChI=1S/C8H13NO3/c1-4-8(2,3)9-7(11)12-6-5-10/h1,10H,5-6H2,2-3H3,(H,9,11).